The monoisotopic (exact) mass is 756 g/mol. The van der Waals surface area contributed by atoms with Crippen molar-refractivity contribution in [3.05, 3.63) is 60.7 Å². The van der Waals surface area contributed by atoms with E-state index in [9.17, 15) is 9.59 Å². The number of hydrogen-bond donors (Lipinski definition) is 1. The normalized spacial score (nSPS) is 18.0. The number of imidazole rings is 2. The van der Waals surface area contributed by atoms with Gasteiger partial charge in [0.2, 0.25) is 0 Å². The lowest BCUT2D eigenvalue weighted by Crippen LogP contribution is -2.37. The third-order valence-corrected chi connectivity index (χ3v) is 11.2. The second-order valence-electron chi connectivity index (χ2n) is 17.5. The van der Waals surface area contributed by atoms with Crippen molar-refractivity contribution >= 4 is 20.3 Å². The van der Waals surface area contributed by atoms with Crippen LogP contribution in [0.2, 0.25) is 25.7 Å². The van der Waals surface area contributed by atoms with Gasteiger partial charge in [-0.25, -0.2) is 29.5 Å². The first-order chi connectivity index (χ1) is 25.5. The number of rotatable bonds is 10. The first-order valence-corrected chi connectivity index (χ1v) is 22.8. The minimum absolute atomic E-state index is 0.147. The summed E-state index contributed by atoms with van der Waals surface area (Å²) >= 11 is 0. The molecule has 0 bridgehead atoms. The van der Waals surface area contributed by atoms with Gasteiger partial charge < -0.3 is 23.8 Å². The smallest absolute Gasteiger partial charge is 0.410 e. The predicted molar refractivity (Wildman–Crippen MR) is 210 cm³/mol. The fourth-order valence-electron chi connectivity index (χ4n) is 6.78. The van der Waals surface area contributed by atoms with Gasteiger partial charge in [0, 0.05) is 51.3 Å². The van der Waals surface area contributed by atoms with Crippen molar-refractivity contribution in [2.75, 3.05) is 19.7 Å². The minimum atomic E-state index is -1.29. The highest BCUT2D eigenvalue weighted by Gasteiger charge is 2.37. The van der Waals surface area contributed by atoms with Crippen molar-refractivity contribution in [1.29, 1.82) is 0 Å². The highest BCUT2D eigenvalue weighted by molar-refractivity contribution is 6.76. The highest BCUT2D eigenvalue weighted by atomic mass is 28.3. The molecule has 54 heavy (non-hydrogen) atoms. The number of nitrogens with one attached hydrogen (secondary N) is 1. The molecule has 2 saturated heterocycles. The molecule has 1 N–H and O–H groups in total. The van der Waals surface area contributed by atoms with E-state index < -0.39 is 19.3 Å². The molecule has 13 nitrogen and oxygen atoms in total. The molecule has 4 aromatic rings. The summed E-state index contributed by atoms with van der Waals surface area (Å²) in [5, 5.41) is 0. The number of benzene rings is 1. The second-order valence-corrected chi connectivity index (χ2v) is 23.1. The molecule has 1 aromatic carbocycles. The molecule has 5 heterocycles. The maximum Gasteiger partial charge on any atom is 0.410 e. The van der Waals surface area contributed by atoms with Gasteiger partial charge in [0.15, 0.2) is 5.82 Å². The number of hydrogen-bond acceptors (Lipinski definition) is 9. The summed E-state index contributed by atoms with van der Waals surface area (Å²) in [4.78, 5) is 52.1. The standard InChI is InChI=1S/C40H56N8O5Si/c1-39(2,3)52-37(49)46-18-10-12-31(46)35-43-24-30(45-35)27-14-16-28(17-15-27)34-41-22-29(23-42-34)33-25-44-36(48(33)26-51-20-21-54(7,8)9)32-13-11-19-47(32)38(50)53-40(4,5)6/h14-17,22-25,31-32H,10-13,18-21,26H2,1-9H3,(H,43,45). The zero-order valence-electron chi connectivity index (χ0n) is 33.3. The number of aromatic nitrogens is 6. The van der Waals surface area contributed by atoms with E-state index in [2.05, 4.69) is 34.2 Å². The molecule has 14 heteroatoms. The van der Waals surface area contributed by atoms with Gasteiger partial charge in [-0.05, 0) is 78.8 Å². The van der Waals surface area contributed by atoms with Crippen LogP contribution in [0.15, 0.2) is 49.1 Å². The van der Waals surface area contributed by atoms with Crippen LogP contribution in [0.5, 0.6) is 0 Å². The Hall–Kier alpha value is -4.56. The number of amides is 2. The van der Waals surface area contributed by atoms with Crippen LogP contribution in [0.4, 0.5) is 9.59 Å². The van der Waals surface area contributed by atoms with Crippen molar-refractivity contribution in [3.8, 4) is 33.9 Å². The largest absolute Gasteiger partial charge is 0.444 e. The Kier molecular flexibility index (Phi) is 11.3. The molecule has 2 amide bonds. The van der Waals surface area contributed by atoms with E-state index >= 15 is 0 Å². The van der Waals surface area contributed by atoms with E-state index in [0.717, 1.165) is 71.5 Å². The molecule has 2 aliphatic rings. The summed E-state index contributed by atoms with van der Waals surface area (Å²) in [6.45, 7) is 20.5. The van der Waals surface area contributed by atoms with Gasteiger partial charge >= 0.3 is 12.2 Å². The summed E-state index contributed by atoms with van der Waals surface area (Å²) < 4.78 is 19.7. The van der Waals surface area contributed by atoms with Crippen LogP contribution in [0.25, 0.3) is 33.9 Å². The van der Waals surface area contributed by atoms with E-state index in [1.165, 1.54) is 0 Å². The van der Waals surface area contributed by atoms with Gasteiger partial charge in [-0.1, -0.05) is 43.9 Å². The molecular formula is C40H56N8O5Si. The molecule has 2 fully saturated rings. The van der Waals surface area contributed by atoms with Gasteiger partial charge in [0.05, 0.1) is 35.9 Å². The van der Waals surface area contributed by atoms with E-state index in [1.54, 1.807) is 9.80 Å². The Balaban J connectivity index is 1.18. The molecule has 0 aliphatic carbocycles. The number of carbonyl (C=O) groups is 2. The molecule has 3 aromatic heterocycles. The molecule has 2 unspecified atom stereocenters. The first-order valence-electron chi connectivity index (χ1n) is 19.1. The maximum atomic E-state index is 13.2. The zero-order valence-corrected chi connectivity index (χ0v) is 34.3. The van der Waals surface area contributed by atoms with Crippen LogP contribution in [0.3, 0.4) is 0 Å². The van der Waals surface area contributed by atoms with Crippen molar-refractivity contribution in [1.82, 2.24) is 39.3 Å². The fraction of sp³-hybridized carbons (Fsp3) is 0.550. The Morgan fingerprint density at radius 1 is 0.759 bits per heavy atom. The second kappa shape index (κ2) is 15.7. The molecule has 0 saturated carbocycles. The van der Waals surface area contributed by atoms with Crippen LogP contribution >= 0.6 is 0 Å². The quantitative estimate of drug-likeness (QED) is 0.124. The number of carbonyl (C=O) groups excluding carboxylic acids is 2. The fourth-order valence-corrected chi connectivity index (χ4v) is 7.54. The van der Waals surface area contributed by atoms with Crippen LogP contribution in [0.1, 0.15) is 91.0 Å². The Labute approximate surface area is 319 Å². The van der Waals surface area contributed by atoms with E-state index in [-0.39, 0.29) is 24.3 Å². The van der Waals surface area contributed by atoms with Crippen molar-refractivity contribution in [3.63, 3.8) is 0 Å². The SMILES string of the molecule is CC(C)(C)OC(=O)N1CCCC1c1ncc(-c2ccc(-c3ncc(-c4cnc(C5CCCN5C(=O)OC(C)(C)C)n4COCC[Si](C)(C)C)cn3)cc2)[nH]1. The number of aromatic amines is 1. The molecule has 0 spiro atoms. The van der Waals surface area contributed by atoms with E-state index in [0.29, 0.717) is 32.3 Å². The van der Waals surface area contributed by atoms with Crippen LogP contribution < -0.4 is 0 Å². The summed E-state index contributed by atoms with van der Waals surface area (Å²) in [5.41, 5.74) is 3.21. The van der Waals surface area contributed by atoms with Crippen molar-refractivity contribution in [2.24, 2.45) is 0 Å². The summed E-state index contributed by atoms with van der Waals surface area (Å²) in [6, 6.07) is 8.70. The first kappa shape index (κ1) is 39.1. The van der Waals surface area contributed by atoms with Crippen molar-refractivity contribution in [2.45, 2.75) is 123 Å². The topological polar surface area (TPSA) is 141 Å². The van der Waals surface area contributed by atoms with Gasteiger partial charge in [-0.3, -0.25) is 9.80 Å². The average molecular weight is 757 g/mol. The summed E-state index contributed by atoms with van der Waals surface area (Å²) in [6.07, 6.45) is 10.0. The Bertz CT molecular complexity index is 1900. The highest BCUT2D eigenvalue weighted by Crippen LogP contribution is 2.36. The lowest BCUT2D eigenvalue weighted by Gasteiger charge is -2.29. The molecule has 0 radical (unpaired) electrons. The summed E-state index contributed by atoms with van der Waals surface area (Å²) in [5.74, 6) is 2.12. The van der Waals surface area contributed by atoms with E-state index in [1.807, 2.05) is 90.6 Å². The molecule has 290 valence electrons. The Morgan fingerprint density at radius 3 is 1.93 bits per heavy atom. The molecule has 2 atom stereocenters. The Morgan fingerprint density at radius 2 is 1.33 bits per heavy atom. The van der Waals surface area contributed by atoms with Crippen LogP contribution in [-0.4, -0.2) is 90.4 Å². The van der Waals surface area contributed by atoms with Crippen LogP contribution in [0, 0.1) is 0 Å². The van der Waals surface area contributed by atoms with Gasteiger partial charge in [-0.15, -0.1) is 0 Å². The molecule has 2 aliphatic heterocycles. The third kappa shape index (κ3) is 9.56. The number of nitrogens with zero attached hydrogens (tertiary/aromatic N) is 7. The predicted octanol–water partition coefficient (Wildman–Crippen LogP) is 8.85. The third-order valence-electron chi connectivity index (χ3n) is 9.48. The minimum Gasteiger partial charge on any atom is -0.444 e. The van der Waals surface area contributed by atoms with E-state index in [4.69, 9.17) is 29.2 Å². The molecule has 6 rings (SSSR count). The number of ether oxygens (including phenoxy) is 3. The number of H-pyrrole nitrogens is 1. The lowest BCUT2D eigenvalue weighted by molar-refractivity contribution is 0.0199. The lowest BCUT2D eigenvalue weighted by atomic mass is 10.1. The van der Waals surface area contributed by atoms with Crippen LogP contribution in [-0.2, 0) is 20.9 Å². The average Bonchev–Trinajstić information content (AvgIpc) is 3.91. The zero-order chi connectivity index (χ0) is 38.8. The van der Waals surface area contributed by atoms with Gasteiger partial charge in [-0.2, -0.15) is 0 Å². The van der Waals surface area contributed by atoms with Gasteiger partial charge in [0.25, 0.3) is 0 Å². The summed E-state index contributed by atoms with van der Waals surface area (Å²) in [7, 11) is -1.29. The number of likely N-dealkylation sites (tertiary alicyclic amines) is 2. The van der Waals surface area contributed by atoms with Gasteiger partial charge in [0.1, 0.15) is 29.6 Å². The maximum absolute atomic E-state index is 13.2. The molecular weight excluding hydrogens is 701 g/mol. The van der Waals surface area contributed by atoms with Crippen molar-refractivity contribution < 1.29 is 23.8 Å².